The third-order valence-electron chi connectivity index (χ3n) is 2.74. The number of nitrogens with one attached hydrogen (secondary N) is 1. The average molecular weight is 253 g/mol. The van der Waals surface area contributed by atoms with Gasteiger partial charge in [-0.15, -0.1) is 11.3 Å². The van der Waals surface area contributed by atoms with E-state index in [-0.39, 0.29) is 0 Å². The van der Waals surface area contributed by atoms with E-state index >= 15 is 0 Å². The lowest BCUT2D eigenvalue weighted by atomic mass is 10.2. The van der Waals surface area contributed by atoms with E-state index in [2.05, 4.69) is 10.3 Å². The number of likely N-dealkylation sites (tertiary alicyclic amines) is 1. The standard InChI is InChI=1S/C11H15N3O2S/c15-9(13-11-12-5-8-17-11)10(16)14-6-3-1-2-4-7-14/h5,8H,1-4,6-7H2,(H,12,13,15). The predicted octanol–water partition coefficient (Wildman–Crippen LogP) is 1.48. The van der Waals surface area contributed by atoms with Crippen LogP contribution in [0.3, 0.4) is 0 Å². The van der Waals surface area contributed by atoms with Crippen LogP contribution in [0.15, 0.2) is 11.6 Å². The molecule has 1 aromatic rings. The molecule has 1 aromatic heterocycles. The highest BCUT2D eigenvalue weighted by atomic mass is 32.1. The van der Waals surface area contributed by atoms with Gasteiger partial charge in [-0.25, -0.2) is 4.98 Å². The van der Waals surface area contributed by atoms with Gasteiger partial charge in [-0.2, -0.15) is 0 Å². The summed E-state index contributed by atoms with van der Waals surface area (Å²) in [6.07, 6.45) is 5.83. The number of amides is 2. The molecule has 0 unspecified atom stereocenters. The van der Waals surface area contributed by atoms with Crippen molar-refractivity contribution in [3.63, 3.8) is 0 Å². The Morgan fingerprint density at radius 3 is 2.53 bits per heavy atom. The normalized spacial score (nSPS) is 16.4. The van der Waals surface area contributed by atoms with Crippen LogP contribution in [0.1, 0.15) is 25.7 Å². The maximum atomic E-state index is 11.9. The van der Waals surface area contributed by atoms with E-state index < -0.39 is 11.8 Å². The second-order valence-corrected chi connectivity index (χ2v) is 4.89. The Hall–Kier alpha value is -1.43. The van der Waals surface area contributed by atoms with Crippen molar-refractivity contribution in [3.8, 4) is 0 Å². The summed E-state index contributed by atoms with van der Waals surface area (Å²) in [6, 6.07) is 0. The smallest absolute Gasteiger partial charge is 0.315 e. The van der Waals surface area contributed by atoms with Gasteiger partial charge in [0.1, 0.15) is 0 Å². The topological polar surface area (TPSA) is 62.3 Å². The lowest BCUT2D eigenvalue weighted by molar-refractivity contribution is -0.143. The van der Waals surface area contributed by atoms with Crippen LogP contribution in [0, 0.1) is 0 Å². The molecule has 1 aliphatic rings. The number of thiazole rings is 1. The van der Waals surface area contributed by atoms with Crippen LogP contribution in [-0.2, 0) is 9.59 Å². The van der Waals surface area contributed by atoms with Crippen LogP contribution in [0.5, 0.6) is 0 Å². The van der Waals surface area contributed by atoms with E-state index in [9.17, 15) is 9.59 Å². The number of anilines is 1. The van der Waals surface area contributed by atoms with E-state index in [0.717, 1.165) is 25.7 Å². The Bertz CT molecular complexity index is 383. The first-order chi connectivity index (χ1) is 8.27. The lowest BCUT2D eigenvalue weighted by Crippen LogP contribution is -2.40. The maximum absolute atomic E-state index is 11.9. The molecule has 5 nitrogen and oxygen atoms in total. The predicted molar refractivity (Wildman–Crippen MR) is 65.8 cm³/mol. The van der Waals surface area contributed by atoms with Gasteiger partial charge in [-0.3, -0.25) is 14.9 Å². The fourth-order valence-electron chi connectivity index (χ4n) is 1.85. The summed E-state index contributed by atoms with van der Waals surface area (Å²) in [6.45, 7) is 1.37. The number of rotatable bonds is 1. The van der Waals surface area contributed by atoms with Crippen LogP contribution in [0.4, 0.5) is 5.13 Å². The van der Waals surface area contributed by atoms with Gasteiger partial charge in [-0.1, -0.05) is 12.8 Å². The molecule has 0 bridgehead atoms. The zero-order chi connectivity index (χ0) is 12.1. The van der Waals surface area contributed by atoms with Crippen LogP contribution in [0.2, 0.25) is 0 Å². The molecule has 17 heavy (non-hydrogen) atoms. The molecule has 6 heteroatoms. The van der Waals surface area contributed by atoms with Gasteiger partial charge in [-0.05, 0) is 12.8 Å². The molecule has 2 rings (SSSR count). The van der Waals surface area contributed by atoms with Gasteiger partial charge in [0, 0.05) is 24.7 Å². The summed E-state index contributed by atoms with van der Waals surface area (Å²) in [5, 5.41) is 4.74. The van der Waals surface area contributed by atoms with Crippen molar-refractivity contribution in [1.82, 2.24) is 9.88 Å². The van der Waals surface area contributed by atoms with Crippen molar-refractivity contribution < 1.29 is 9.59 Å². The molecular weight excluding hydrogens is 238 g/mol. The number of aromatic nitrogens is 1. The number of hydrogen-bond donors (Lipinski definition) is 1. The van der Waals surface area contributed by atoms with Crippen molar-refractivity contribution >= 4 is 28.3 Å². The fraction of sp³-hybridized carbons (Fsp3) is 0.545. The molecule has 2 amide bonds. The van der Waals surface area contributed by atoms with Gasteiger partial charge in [0.2, 0.25) is 0 Å². The number of hydrogen-bond acceptors (Lipinski definition) is 4. The van der Waals surface area contributed by atoms with E-state index in [0.29, 0.717) is 18.2 Å². The van der Waals surface area contributed by atoms with E-state index in [1.54, 1.807) is 16.5 Å². The molecule has 0 atom stereocenters. The Labute approximate surface area is 104 Å². The Morgan fingerprint density at radius 2 is 1.94 bits per heavy atom. The Morgan fingerprint density at radius 1 is 1.24 bits per heavy atom. The minimum Gasteiger partial charge on any atom is -0.334 e. The van der Waals surface area contributed by atoms with Crippen LogP contribution >= 0.6 is 11.3 Å². The van der Waals surface area contributed by atoms with Gasteiger partial charge >= 0.3 is 11.8 Å². The highest BCUT2D eigenvalue weighted by Crippen LogP contribution is 2.12. The number of carbonyl (C=O) groups excluding carboxylic acids is 2. The average Bonchev–Trinajstić information content (AvgIpc) is 2.68. The summed E-state index contributed by atoms with van der Waals surface area (Å²) < 4.78 is 0. The van der Waals surface area contributed by atoms with E-state index in [1.165, 1.54) is 11.3 Å². The van der Waals surface area contributed by atoms with E-state index in [4.69, 9.17) is 0 Å². The molecule has 1 aliphatic heterocycles. The fourth-order valence-corrected chi connectivity index (χ4v) is 2.38. The molecule has 0 saturated carbocycles. The molecule has 1 saturated heterocycles. The SMILES string of the molecule is O=C(Nc1nccs1)C(=O)N1CCCCCC1. The summed E-state index contributed by atoms with van der Waals surface area (Å²) in [7, 11) is 0. The minimum atomic E-state index is -0.582. The number of nitrogens with zero attached hydrogens (tertiary/aromatic N) is 2. The quantitative estimate of drug-likeness (QED) is 0.771. The third kappa shape index (κ3) is 3.26. The lowest BCUT2D eigenvalue weighted by Gasteiger charge is -2.18. The van der Waals surface area contributed by atoms with Gasteiger partial charge in [0.15, 0.2) is 5.13 Å². The van der Waals surface area contributed by atoms with Crippen LogP contribution in [-0.4, -0.2) is 34.8 Å². The van der Waals surface area contributed by atoms with Crippen molar-refractivity contribution in [2.45, 2.75) is 25.7 Å². The maximum Gasteiger partial charge on any atom is 0.315 e. The molecule has 0 aliphatic carbocycles. The third-order valence-corrected chi connectivity index (χ3v) is 3.43. The van der Waals surface area contributed by atoms with Crippen molar-refractivity contribution in [3.05, 3.63) is 11.6 Å². The molecular formula is C11H15N3O2S. The van der Waals surface area contributed by atoms with Gasteiger partial charge in [0.05, 0.1) is 0 Å². The Kier molecular flexibility index (Phi) is 4.08. The van der Waals surface area contributed by atoms with Crippen LogP contribution < -0.4 is 5.32 Å². The number of carbonyl (C=O) groups is 2. The van der Waals surface area contributed by atoms with Gasteiger partial charge < -0.3 is 4.90 Å². The van der Waals surface area contributed by atoms with Crippen LogP contribution in [0.25, 0.3) is 0 Å². The molecule has 1 N–H and O–H groups in total. The summed E-state index contributed by atoms with van der Waals surface area (Å²) >= 11 is 1.31. The molecule has 0 radical (unpaired) electrons. The summed E-state index contributed by atoms with van der Waals surface area (Å²) in [5.41, 5.74) is 0. The molecule has 1 fully saturated rings. The highest BCUT2D eigenvalue weighted by molar-refractivity contribution is 7.13. The first kappa shape index (κ1) is 12.0. The Balaban J connectivity index is 1.91. The van der Waals surface area contributed by atoms with Crippen molar-refractivity contribution in [2.75, 3.05) is 18.4 Å². The highest BCUT2D eigenvalue weighted by Gasteiger charge is 2.22. The summed E-state index contributed by atoms with van der Waals surface area (Å²) in [5.74, 6) is -1.02. The summed E-state index contributed by atoms with van der Waals surface area (Å²) in [4.78, 5) is 29.1. The second kappa shape index (κ2) is 5.77. The minimum absolute atomic E-state index is 0.442. The first-order valence-corrected chi connectivity index (χ1v) is 6.65. The van der Waals surface area contributed by atoms with Gasteiger partial charge in [0.25, 0.3) is 0 Å². The largest absolute Gasteiger partial charge is 0.334 e. The zero-order valence-corrected chi connectivity index (χ0v) is 10.3. The molecule has 92 valence electrons. The zero-order valence-electron chi connectivity index (χ0n) is 9.52. The molecule has 2 heterocycles. The second-order valence-electron chi connectivity index (χ2n) is 4.00. The molecule has 0 spiro atoms. The van der Waals surface area contributed by atoms with Crippen molar-refractivity contribution in [2.24, 2.45) is 0 Å². The van der Waals surface area contributed by atoms with Crippen molar-refractivity contribution in [1.29, 1.82) is 0 Å². The molecule has 0 aromatic carbocycles. The monoisotopic (exact) mass is 253 g/mol. The first-order valence-electron chi connectivity index (χ1n) is 5.77. The van der Waals surface area contributed by atoms with E-state index in [1.807, 2.05) is 0 Å².